The van der Waals surface area contributed by atoms with E-state index in [0.717, 1.165) is 22.6 Å². The van der Waals surface area contributed by atoms with Crippen LogP contribution in [0.4, 0.5) is 5.82 Å². The SMILES string of the molecule is Cc1ccnc(N)c1C(CSCC(C)C)NN. The van der Waals surface area contributed by atoms with Crippen molar-refractivity contribution in [3.8, 4) is 0 Å². The zero-order valence-corrected chi connectivity index (χ0v) is 11.6. The summed E-state index contributed by atoms with van der Waals surface area (Å²) in [7, 11) is 0. The van der Waals surface area contributed by atoms with Crippen molar-refractivity contribution in [2.75, 3.05) is 17.2 Å². The second-order valence-corrected chi connectivity index (χ2v) is 5.65. The van der Waals surface area contributed by atoms with Crippen LogP contribution in [0.3, 0.4) is 0 Å². The Balaban J connectivity index is 2.72. The number of hydrazine groups is 1. The Bertz CT molecular complexity index is 334. The summed E-state index contributed by atoms with van der Waals surface area (Å²) in [4.78, 5) is 4.12. The van der Waals surface area contributed by atoms with Crippen LogP contribution in [-0.4, -0.2) is 16.5 Å². The predicted molar refractivity (Wildman–Crippen MR) is 75.6 cm³/mol. The zero-order valence-electron chi connectivity index (χ0n) is 10.7. The molecule has 1 aromatic heterocycles. The Kier molecular flexibility index (Phi) is 5.74. The Morgan fingerprint density at radius 1 is 1.41 bits per heavy atom. The molecule has 17 heavy (non-hydrogen) atoms. The van der Waals surface area contributed by atoms with Gasteiger partial charge in [0.15, 0.2) is 0 Å². The minimum atomic E-state index is 0.0625. The van der Waals surface area contributed by atoms with E-state index >= 15 is 0 Å². The van der Waals surface area contributed by atoms with E-state index in [-0.39, 0.29) is 6.04 Å². The molecule has 5 heteroatoms. The molecular formula is C12H22N4S. The van der Waals surface area contributed by atoms with Gasteiger partial charge in [-0.15, -0.1) is 0 Å². The lowest BCUT2D eigenvalue weighted by Crippen LogP contribution is -2.31. The van der Waals surface area contributed by atoms with Crippen LogP contribution in [-0.2, 0) is 0 Å². The molecule has 0 spiro atoms. The summed E-state index contributed by atoms with van der Waals surface area (Å²) in [5.41, 5.74) is 10.9. The lowest BCUT2D eigenvalue weighted by molar-refractivity contribution is 0.606. The second-order valence-electron chi connectivity index (χ2n) is 4.58. The van der Waals surface area contributed by atoms with Gasteiger partial charge in [-0.2, -0.15) is 11.8 Å². The minimum absolute atomic E-state index is 0.0625. The second kappa shape index (κ2) is 6.83. The molecule has 1 rings (SSSR count). The first-order chi connectivity index (χ1) is 8.06. The number of nitrogens with zero attached hydrogens (tertiary/aromatic N) is 1. The van der Waals surface area contributed by atoms with Gasteiger partial charge in [0.05, 0.1) is 6.04 Å². The molecule has 0 saturated heterocycles. The normalized spacial score (nSPS) is 13.0. The van der Waals surface area contributed by atoms with Crippen LogP contribution < -0.4 is 17.0 Å². The molecule has 0 amide bonds. The van der Waals surface area contributed by atoms with Gasteiger partial charge in [-0.3, -0.25) is 11.3 Å². The average Bonchev–Trinajstić information content (AvgIpc) is 2.26. The van der Waals surface area contributed by atoms with E-state index in [1.807, 2.05) is 24.8 Å². The number of nitrogen functional groups attached to an aromatic ring is 1. The third kappa shape index (κ3) is 4.18. The Morgan fingerprint density at radius 2 is 2.12 bits per heavy atom. The van der Waals surface area contributed by atoms with Gasteiger partial charge in [0.25, 0.3) is 0 Å². The van der Waals surface area contributed by atoms with Crippen molar-refractivity contribution in [1.82, 2.24) is 10.4 Å². The molecule has 1 heterocycles. The van der Waals surface area contributed by atoms with E-state index in [0.29, 0.717) is 11.7 Å². The fraction of sp³-hybridized carbons (Fsp3) is 0.583. The van der Waals surface area contributed by atoms with Gasteiger partial charge in [0.2, 0.25) is 0 Å². The van der Waals surface area contributed by atoms with Crippen LogP contribution in [0.25, 0.3) is 0 Å². The molecule has 0 fully saturated rings. The van der Waals surface area contributed by atoms with Gasteiger partial charge in [-0.1, -0.05) is 13.8 Å². The molecule has 96 valence electrons. The van der Waals surface area contributed by atoms with Crippen LogP contribution in [0.5, 0.6) is 0 Å². The van der Waals surface area contributed by atoms with E-state index < -0.39 is 0 Å². The van der Waals surface area contributed by atoms with Gasteiger partial charge in [0.1, 0.15) is 5.82 Å². The fourth-order valence-electron chi connectivity index (χ4n) is 1.68. The number of nitrogens with one attached hydrogen (secondary N) is 1. The molecular weight excluding hydrogens is 232 g/mol. The molecule has 0 radical (unpaired) electrons. The van der Waals surface area contributed by atoms with Gasteiger partial charge < -0.3 is 5.73 Å². The number of hydrogen-bond acceptors (Lipinski definition) is 5. The van der Waals surface area contributed by atoms with Crippen molar-refractivity contribution in [2.45, 2.75) is 26.8 Å². The first kappa shape index (κ1) is 14.3. The Hall–Kier alpha value is -0.780. The van der Waals surface area contributed by atoms with Crippen molar-refractivity contribution in [1.29, 1.82) is 0 Å². The van der Waals surface area contributed by atoms with Gasteiger partial charge >= 0.3 is 0 Å². The van der Waals surface area contributed by atoms with Gasteiger partial charge in [0, 0.05) is 17.5 Å². The lowest BCUT2D eigenvalue weighted by atomic mass is 10.0. The van der Waals surface area contributed by atoms with E-state index in [4.69, 9.17) is 11.6 Å². The molecule has 0 saturated carbocycles. The Labute approximate surface area is 108 Å². The third-order valence-electron chi connectivity index (χ3n) is 2.52. The summed E-state index contributed by atoms with van der Waals surface area (Å²) in [5, 5.41) is 0. The average molecular weight is 254 g/mol. The van der Waals surface area contributed by atoms with Crippen LogP contribution in [0.2, 0.25) is 0 Å². The number of thioether (sulfide) groups is 1. The van der Waals surface area contributed by atoms with E-state index in [9.17, 15) is 0 Å². The fourth-order valence-corrected chi connectivity index (χ4v) is 2.79. The quantitative estimate of drug-likeness (QED) is 0.533. The number of aromatic nitrogens is 1. The zero-order chi connectivity index (χ0) is 12.8. The van der Waals surface area contributed by atoms with Crippen LogP contribution in [0, 0.1) is 12.8 Å². The first-order valence-electron chi connectivity index (χ1n) is 5.81. The highest BCUT2D eigenvalue weighted by Crippen LogP contribution is 2.25. The van der Waals surface area contributed by atoms with Crippen LogP contribution >= 0.6 is 11.8 Å². The van der Waals surface area contributed by atoms with Gasteiger partial charge in [-0.05, 0) is 30.2 Å². The molecule has 0 aliphatic carbocycles. The number of anilines is 1. The van der Waals surface area contributed by atoms with Crippen molar-refractivity contribution in [2.24, 2.45) is 11.8 Å². The van der Waals surface area contributed by atoms with Crippen molar-refractivity contribution in [3.05, 3.63) is 23.4 Å². The first-order valence-corrected chi connectivity index (χ1v) is 6.96. The molecule has 0 aliphatic rings. The predicted octanol–water partition coefficient (Wildman–Crippen LogP) is 1.87. The highest BCUT2D eigenvalue weighted by Gasteiger charge is 2.16. The lowest BCUT2D eigenvalue weighted by Gasteiger charge is -2.19. The maximum absolute atomic E-state index is 5.91. The summed E-state index contributed by atoms with van der Waals surface area (Å²) in [6.45, 7) is 6.45. The van der Waals surface area contributed by atoms with Crippen molar-refractivity contribution >= 4 is 17.6 Å². The number of nitrogens with two attached hydrogens (primary N) is 2. The largest absolute Gasteiger partial charge is 0.383 e. The smallest absolute Gasteiger partial charge is 0.128 e. The highest BCUT2D eigenvalue weighted by atomic mass is 32.2. The Morgan fingerprint density at radius 3 is 2.65 bits per heavy atom. The molecule has 0 bridgehead atoms. The monoisotopic (exact) mass is 254 g/mol. The topological polar surface area (TPSA) is 77.0 Å². The standard InChI is InChI=1S/C12H22N4S/c1-8(2)6-17-7-10(16-14)11-9(3)4-5-15-12(11)13/h4-5,8,10,16H,6-7,14H2,1-3H3,(H2,13,15). The van der Waals surface area contributed by atoms with Crippen LogP contribution in [0.1, 0.15) is 31.0 Å². The van der Waals surface area contributed by atoms with Crippen LogP contribution in [0.15, 0.2) is 12.3 Å². The molecule has 1 atom stereocenters. The number of rotatable bonds is 6. The van der Waals surface area contributed by atoms with E-state index in [1.165, 1.54) is 0 Å². The summed E-state index contributed by atoms with van der Waals surface area (Å²) in [5.74, 6) is 8.90. The molecule has 0 aliphatic heterocycles. The molecule has 1 unspecified atom stereocenters. The maximum atomic E-state index is 5.91. The third-order valence-corrected chi connectivity index (χ3v) is 4.00. The summed E-state index contributed by atoms with van der Waals surface area (Å²) in [6.07, 6.45) is 1.73. The number of pyridine rings is 1. The highest BCUT2D eigenvalue weighted by molar-refractivity contribution is 7.99. The summed E-state index contributed by atoms with van der Waals surface area (Å²) >= 11 is 1.88. The van der Waals surface area contributed by atoms with Crippen molar-refractivity contribution < 1.29 is 0 Å². The van der Waals surface area contributed by atoms with Gasteiger partial charge in [-0.25, -0.2) is 4.98 Å². The number of hydrogen-bond donors (Lipinski definition) is 3. The van der Waals surface area contributed by atoms with E-state index in [2.05, 4.69) is 24.3 Å². The molecule has 1 aromatic rings. The van der Waals surface area contributed by atoms with Crippen molar-refractivity contribution in [3.63, 3.8) is 0 Å². The summed E-state index contributed by atoms with van der Waals surface area (Å²) in [6, 6.07) is 2.02. The maximum Gasteiger partial charge on any atom is 0.128 e. The molecule has 5 N–H and O–H groups in total. The molecule has 4 nitrogen and oxygen atoms in total. The number of aryl methyl sites for hydroxylation is 1. The molecule has 0 aromatic carbocycles. The summed E-state index contributed by atoms with van der Waals surface area (Å²) < 4.78 is 0. The van der Waals surface area contributed by atoms with E-state index in [1.54, 1.807) is 6.20 Å². The minimum Gasteiger partial charge on any atom is -0.383 e.